The third-order valence-corrected chi connectivity index (χ3v) is 6.74. The number of hydrogen-bond donors (Lipinski definition) is 2. The topological polar surface area (TPSA) is 81.2 Å². The molecule has 3 aromatic carbocycles. The van der Waals surface area contributed by atoms with Crippen LogP contribution in [0.5, 0.6) is 5.75 Å². The summed E-state index contributed by atoms with van der Waals surface area (Å²) in [5.41, 5.74) is 4.52. The first kappa shape index (κ1) is 22.3. The number of nitrogens with zero attached hydrogens (tertiary/aromatic N) is 5. The van der Waals surface area contributed by atoms with Crippen molar-refractivity contribution in [2.24, 2.45) is 0 Å². The summed E-state index contributed by atoms with van der Waals surface area (Å²) in [7, 11) is 0. The summed E-state index contributed by atoms with van der Waals surface area (Å²) in [6, 6.07) is 27.4. The number of phenols is 1. The van der Waals surface area contributed by atoms with Crippen LogP contribution < -0.4 is 0 Å². The van der Waals surface area contributed by atoms with Gasteiger partial charge in [-0.1, -0.05) is 66.7 Å². The molecule has 7 nitrogen and oxygen atoms in total. The minimum absolute atomic E-state index is 0.0303. The van der Waals surface area contributed by atoms with E-state index in [1.165, 1.54) is 11.1 Å². The van der Waals surface area contributed by atoms with Gasteiger partial charge in [-0.25, -0.2) is 0 Å². The van der Waals surface area contributed by atoms with E-state index in [1.807, 2.05) is 24.3 Å². The van der Waals surface area contributed by atoms with Gasteiger partial charge in [0.05, 0.1) is 6.04 Å². The third-order valence-electron chi connectivity index (χ3n) is 6.74. The van der Waals surface area contributed by atoms with Gasteiger partial charge in [0.15, 0.2) is 0 Å². The Morgan fingerprint density at radius 2 is 1.71 bits per heavy atom. The monoisotopic (exact) mass is 454 g/mol. The summed E-state index contributed by atoms with van der Waals surface area (Å²) in [6.07, 6.45) is 0. The molecule has 7 heteroatoms. The van der Waals surface area contributed by atoms with Gasteiger partial charge in [-0.3, -0.25) is 9.80 Å². The zero-order valence-electron chi connectivity index (χ0n) is 19.5. The summed E-state index contributed by atoms with van der Waals surface area (Å²) in [5, 5.41) is 24.6. The molecule has 34 heavy (non-hydrogen) atoms. The fourth-order valence-corrected chi connectivity index (χ4v) is 4.99. The summed E-state index contributed by atoms with van der Waals surface area (Å²) >= 11 is 0. The predicted octanol–water partition coefficient (Wildman–Crippen LogP) is 4.26. The van der Waals surface area contributed by atoms with Gasteiger partial charge in [0.2, 0.25) is 5.82 Å². The van der Waals surface area contributed by atoms with Crippen molar-refractivity contribution < 1.29 is 5.11 Å². The van der Waals surface area contributed by atoms with Crippen LogP contribution in [0.4, 0.5) is 0 Å². The van der Waals surface area contributed by atoms with Gasteiger partial charge in [0.1, 0.15) is 5.75 Å². The number of aromatic nitrogens is 4. The van der Waals surface area contributed by atoms with Crippen molar-refractivity contribution in [2.45, 2.75) is 38.5 Å². The number of tetrazole rings is 1. The van der Waals surface area contributed by atoms with Gasteiger partial charge in [0.25, 0.3) is 0 Å². The van der Waals surface area contributed by atoms with Crippen molar-refractivity contribution in [1.82, 2.24) is 30.4 Å². The summed E-state index contributed by atoms with van der Waals surface area (Å²) in [6.45, 7) is 7.47. The van der Waals surface area contributed by atoms with E-state index in [1.54, 1.807) is 6.07 Å². The molecular weight excluding hydrogens is 424 g/mol. The summed E-state index contributed by atoms with van der Waals surface area (Å²) in [5.74, 6) is 0.867. The molecule has 0 bridgehead atoms. The van der Waals surface area contributed by atoms with E-state index in [4.69, 9.17) is 0 Å². The Hall–Kier alpha value is -3.55. The highest BCUT2D eigenvalue weighted by Crippen LogP contribution is 2.35. The van der Waals surface area contributed by atoms with Crippen LogP contribution >= 0.6 is 0 Å². The van der Waals surface area contributed by atoms with E-state index >= 15 is 0 Å². The fraction of sp³-hybridized carbons (Fsp3) is 0.296. The van der Waals surface area contributed by atoms with Crippen molar-refractivity contribution in [1.29, 1.82) is 0 Å². The second kappa shape index (κ2) is 9.75. The van der Waals surface area contributed by atoms with Crippen LogP contribution in [0.25, 0.3) is 11.4 Å². The molecule has 0 saturated carbocycles. The Bertz CT molecular complexity index is 1200. The quantitative estimate of drug-likeness (QED) is 0.453. The van der Waals surface area contributed by atoms with E-state index in [0.29, 0.717) is 17.9 Å². The SMILES string of the molecule is CC1CN(C(c2ccc(-c3nn[nH]n3)cc2)c2cccc(O)c2)C(C)CN1Cc1ccccc1. The molecule has 2 N–H and O–H groups in total. The Morgan fingerprint density at radius 3 is 2.41 bits per heavy atom. The number of hydrogen-bond acceptors (Lipinski definition) is 6. The molecule has 4 aromatic rings. The first-order chi connectivity index (χ1) is 16.6. The van der Waals surface area contributed by atoms with Gasteiger partial charge in [-0.15, -0.1) is 10.2 Å². The first-order valence-corrected chi connectivity index (χ1v) is 11.7. The normalized spacial score (nSPS) is 20.3. The van der Waals surface area contributed by atoms with Gasteiger partial charge < -0.3 is 5.11 Å². The molecule has 1 aromatic heterocycles. The minimum Gasteiger partial charge on any atom is -0.508 e. The van der Waals surface area contributed by atoms with Crippen LogP contribution in [0.1, 0.15) is 36.6 Å². The van der Waals surface area contributed by atoms with E-state index in [-0.39, 0.29) is 11.8 Å². The number of benzene rings is 3. The third kappa shape index (κ3) is 4.71. The van der Waals surface area contributed by atoms with Crippen molar-refractivity contribution >= 4 is 0 Å². The van der Waals surface area contributed by atoms with Crippen LogP contribution in [-0.2, 0) is 6.54 Å². The van der Waals surface area contributed by atoms with E-state index in [2.05, 4.69) is 92.8 Å². The molecule has 1 saturated heterocycles. The van der Waals surface area contributed by atoms with E-state index in [0.717, 1.165) is 30.8 Å². The van der Waals surface area contributed by atoms with Crippen LogP contribution in [0.15, 0.2) is 78.9 Å². The number of rotatable bonds is 6. The van der Waals surface area contributed by atoms with Crippen molar-refractivity contribution in [3.63, 3.8) is 0 Å². The van der Waals surface area contributed by atoms with Crippen molar-refractivity contribution in [3.8, 4) is 17.1 Å². The Morgan fingerprint density at radius 1 is 0.912 bits per heavy atom. The minimum atomic E-state index is 0.0303. The number of H-pyrrole nitrogens is 1. The molecule has 3 unspecified atom stereocenters. The maximum Gasteiger partial charge on any atom is 0.204 e. The smallest absolute Gasteiger partial charge is 0.204 e. The molecule has 0 aliphatic carbocycles. The summed E-state index contributed by atoms with van der Waals surface area (Å²) in [4.78, 5) is 5.12. The molecule has 0 amide bonds. The largest absolute Gasteiger partial charge is 0.508 e. The lowest BCUT2D eigenvalue weighted by molar-refractivity contribution is 0.0195. The number of nitrogens with one attached hydrogen (secondary N) is 1. The first-order valence-electron chi connectivity index (χ1n) is 11.7. The Balaban J connectivity index is 1.44. The van der Waals surface area contributed by atoms with Gasteiger partial charge in [0, 0.05) is 37.3 Å². The standard InChI is InChI=1S/C27H30N6O/c1-19-17-33(20(2)16-32(19)18-21-7-4-3-5-8-21)26(24-9-6-10-25(34)15-24)22-11-13-23(14-12-22)27-28-30-31-29-27/h3-15,19-20,26,34H,16-18H2,1-2H3,(H,28,29,30,31). The summed E-state index contributed by atoms with van der Waals surface area (Å²) < 4.78 is 0. The van der Waals surface area contributed by atoms with Gasteiger partial charge >= 0.3 is 0 Å². The second-order valence-electron chi connectivity index (χ2n) is 9.16. The van der Waals surface area contributed by atoms with Gasteiger partial charge in [-0.2, -0.15) is 5.21 Å². The van der Waals surface area contributed by atoms with E-state index < -0.39 is 0 Å². The predicted molar refractivity (Wildman–Crippen MR) is 132 cm³/mol. The van der Waals surface area contributed by atoms with Crippen molar-refractivity contribution in [2.75, 3.05) is 13.1 Å². The van der Waals surface area contributed by atoms with Crippen LogP contribution in [0, 0.1) is 0 Å². The van der Waals surface area contributed by atoms with Crippen molar-refractivity contribution in [3.05, 3.63) is 95.6 Å². The zero-order valence-corrected chi connectivity index (χ0v) is 19.5. The lowest BCUT2D eigenvalue weighted by atomic mass is 9.92. The molecule has 1 aliphatic rings. The number of aromatic hydroxyl groups is 1. The molecule has 1 aliphatic heterocycles. The molecule has 5 rings (SSSR count). The number of aromatic amines is 1. The van der Waals surface area contributed by atoms with Gasteiger partial charge in [-0.05, 0) is 47.9 Å². The van der Waals surface area contributed by atoms with Crippen LogP contribution in [0.3, 0.4) is 0 Å². The number of piperazine rings is 1. The number of phenolic OH excluding ortho intramolecular Hbond substituents is 1. The molecule has 3 atom stereocenters. The zero-order chi connectivity index (χ0) is 23.5. The average Bonchev–Trinajstić information content (AvgIpc) is 3.39. The van der Waals surface area contributed by atoms with Crippen LogP contribution in [-0.4, -0.2) is 60.7 Å². The lowest BCUT2D eigenvalue weighted by Crippen LogP contribution is -2.56. The second-order valence-corrected chi connectivity index (χ2v) is 9.16. The maximum absolute atomic E-state index is 10.2. The van der Waals surface area contributed by atoms with E-state index in [9.17, 15) is 5.11 Å². The maximum atomic E-state index is 10.2. The highest BCUT2D eigenvalue weighted by Gasteiger charge is 2.35. The molecule has 0 radical (unpaired) electrons. The molecular formula is C27H30N6O. The van der Waals surface area contributed by atoms with Crippen LogP contribution in [0.2, 0.25) is 0 Å². The highest BCUT2D eigenvalue weighted by atomic mass is 16.3. The fourth-order valence-electron chi connectivity index (χ4n) is 4.99. The molecule has 2 heterocycles. The lowest BCUT2D eigenvalue weighted by Gasteiger charge is -2.47. The Kier molecular flexibility index (Phi) is 6.38. The molecule has 1 fully saturated rings. The molecule has 0 spiro atoms. The highest BCUT2D eigenvalue weighted by molar-refractivity contribution is 5.55. The average molecular weight is 455 g/mol. The Labute approximate surface area is 200 Å². The molecule has 174 valence electrons.